The molecule has 2 aliphatic heterocycles. The van der Waals surface area contributed by atoms with Gasteiger partial charge >= 0.3 is 0 Å². The average Bonchev–Trinajstić information content (AvgIpc) is 3.06. The molecule has 0 saturated carbocycles. The molecule has 8 nitrogen and oxygen atoms in total. The predicted octanol–water partition coefficient (Wildman–Crippen LogP) is -0.139. The van der Waals surface area contributed by atoms with Crippen LogP contribution in [0.25, 0.3) is 0 Å². The van der Waals surface area contributed by atoms with Gasteiger partial charge in [-0.25, -0.2) is 0 Å². The molecule has 1 unspecified atom stereocenters. The molecule has 0 aromatic carbocycles. The van der Waals surface area contributed by atoms with Gasteiger partial charge in [0.1, 0.15) is 0 Å². The number of likely N-dealkylation sites (tertiary alicyclic amines) is 1. The fourth-order valence-electron chi connectivity index (χ4n) is 3.42. The minimum absolute atomic E-state index is 0.00536. The Morgan fingerprint density at radius 2 is 1.96 bits per heavy atom. The van der Waals surface area contributed by atoms with Gasteiger partial charge in [-0.3, -0.25) is 19.4 Å². The first-order valence-corrected chi connectivity index (χ1v) is 8.85. The minimum Gasteiger partial charge on any atom is -0.383 e. The van der Waals surface area contributed by atoms with Gasteiger partial charge in [-0.1, -0.05) is 0 Å². The summed E-state index contributed by atoms with van der Waals surface area (Å²) in [6.07, 6.45) is 3.45. The molecule has 8 heteroatoms. The van der Waals surface area contributed by atoms with Crippen molar-refractivity contribution in [3.8, 4) is 0 Å². The highest BCUT2D eigenvalue weighted by Gasteiger charge is 2.37. The van der Waals surface area contributed by atoms with E-state index in [1.54, 1.807) is 46.3 Å². The van der Waals surface area contributed by atoms with Gasteiger partial charge in [0, 0.05) is 65.2 Å². The molecular formula is C18H24N4O4. The first-order valence-electron chi connectivity index (χ1n) is 8.85. The van der Waals surface area contributed by atoms with E-state index in [2.05, 4.69) is 4.98 Å². The van der Waals surface area contributed by atoms with Crippen molar-refractivity contribution < 1.29 is 19.1 Å². The summed E-state index contributed by atoms with van der Waals surface area (Å²) >= 11 is 0. The number of amides is 3. The molecule has 0 spiro atoms. The normalized spacial score (nSPS) is 20.6. The van der Waals surface area contributed by atoms with Crippen LogP contribution < -0.4 is 0 Å². The molecule has 2 saturated heterocycles. The second-order valence-electron chi connectivity index (χ2n) is 6.59. The number of rotatable bonds is 5. The van der Waals surface area contributed by atoms with Crippen LogP contribution in [0.15, 0.2) is 24.5 Å². The van der Waals surface area contributed by atoms with Crippen molar-refractivity contribution in [2.45, 2.75) is 6.42 Å². The predicted molar refractivity (Wildman–Crippen MR) is 93.3 cm³/mol. The Bertz CT molecular complexity index is 658. The van der Waals surface area contributed by atoms with Crippen LogP contribution >= 0.6 is 0 Å². The largest absolute Gasteiger partial charge is 0.383 e. The Morgan fingerprint density at radius 3 is 2.62 bits per heavy atom. The summed E-state index contributed by atoms with van der Waals surface area (Å²) in [7, 11) is 1.59. The zero-order valence-electron chi connectivity index (χ0n) is 15.0. The molecule has 0 bridgehead atoms. The van der Waals surface area contributed by atoms with E-state index < -0.39 is 0 Å². The van der Waals surface area contributed by atoms with Crippen molar-refractivity contribution in [3.05, 3.63) is 30.1 Å². The van der Waals surface area contributed by atoms with Gasteiger partial charge in [0.25, 0.3) is 5.91 Å². The number of aromatic nitrogens is 1. The molecule has 2 aliphatic rings. The molecule has 2 fully saturated rings. The van der Waals surface area contributed by atoms with Crippen LogP contribution in [0.3, 0.4) is 0 Å². The molecule has 0 aliphatic carbocycles. The van der Waals surface area contributed by atoms with Crippen molar-refractivity contribution in [2.24, 2.45) is 5.92 Å². The lowest BCUT2D eigenvalue weighted by Crippen LogP contribution is -2.52. The Hall–Kier alpha value is -2.48. The monoisotopic (exact) mass is 360 g/mol. The van der Waals surface area contributed by atoms with E-state index in [-0.39, 0.29) is 30.1 Å². The number of piperazine rings is 1. The number of carbonyl (C=O) groups excluding carboxylic acids is 3. The summed E-state index contributed by atoms with van der Waals surface area (Å²) in [6, 6.07) is 3.48. The molecular weight excluding hydrogens is 336 g/mol. The Balaban J connectivity index is 1.51. The number of pyridine rings is 1. The first-order chi connectivity index (χ1) is 12.6. The number of methoxy groups -OCH3 is 1. The quantitative estimate of drug-likeness (QED) is 0.730. The fourth-order valence-corrected chi connectivity index (χ4v) is 3.42. The number of carbonyl (C=O) groups is 3. The molecule has 3 amide bonds. The minimum atomic E-state index is -0.292. The maximum absolute atomic E-state index is 12.7. The summed E-state index contributed by atoms with van der Waals surface area (Å²) in [5.41, 5.74) is 0.558. The van der Waals surface area contributed by atoms with E-state index in [4.69, 9.17) is 4.74 Å². The number of nitrogens with zero attached hydrogens (tertiary/aromatic N) is 4. The van der Waals surface area contributed by atoms with Crippen LogP contribution in [0.5, 0.6) is 0 Å². The van der Waals surface area contributed by atoms with Crippen LogP contribution in [0.2, 0.25) is 0 Å². The van der Waals surface area contributed by atoms with Crippen LogP contribution in [0.1, 0.15) is 16.8 Å². The maximum atomic E-state index is 12.7. The van der Waals surface area contributed by atoms with E-state index in [9.17, 15) is 14.4 Å². The first kappa shape index (κ1) is 18.3. The lowest BCUT2D eigenvalue weighted by Gasteiger charge is -2.35. The van der Waals surface area contributed by atoms with Crippen LogP contribution in [0.4, 0.5) is 0 Å². The van der Waals surface area contributed by atoms with Crippen molar-refractivity contribution >= 4 is 17.7 Å². The highest BCUT2D eigenvalue weighted by Crippen LogP contribution is 2.21. The Morgan fingerprint density at radius 1 is 1.23 bits per heavy atom. The third-order valence-electron chi connectivity index (χ3n) is 4.92. The fraction of sp³-hybridized carbons (Fsp3) is 0.556. The van der Waals surface area contributed by atoms with Crippen LogP contribution in [-0.4, -0.2) is 90.4 Å². The zero-order valence-corrected chi connectivity index (χ0v) is 15.0. The van der Waals surface area contributed by atoms with Gasteiger partial charge in [0.05, 0.1) is 18.1 Å². The van der Waals surface area contributed by atoms with Gasteiger partial charge in [0.2, 0.25) is 11.8 Å². The second-order valence-corrected chi connectivity index (χ2v) is 6.59. The van der Waals surface area contributed by atoms with Gasteiger partial charge in [0.15, 0.2) is 0 Å². The number of ether oxygens (including phenoxy) is 1. The lowest BCUT2D eigenvalue weighted by molar-refractivity contribution is -0.137. The van der Waals surface area contributed by atoms with E-state index >= 15 is 0 Å². The Labute approximate surface area is 152 Å². The highest BCUT2D eigenvalue weighted by molar-refractivity contribution is 5.94. The van der Waals surface area contributed by atoms with Crippen molar-refractivity contribution in [1.82, 2.24) is 19.7 Å². The summed E-state index contributed by atoms with van der Waals surface area (Å²) in [4.78, 5) is 46.3. The summed E-state index contributed by atoms with van der Waals surface area (Å²) in [6.45, 7) is 3.42. The lowest BCUT2D eigenvalue weighted by atomic mass is 10.1. The third kappa shape index (κ3) is 4.01. The number of hydrogen-bond donors (Lipinski definition) is 0. The van der Waals surface area contributed by atoms with Gasteiger partial charge in [-0.05, 0) is 12.1 Å². The van der Waals surface area contributed by atoms with E-state index in [0.29, 0.717) is 51.4 Å². The van der Waals surface area contributed by atoms with Crippen LogP contribution in [0, 0.1) is 5.92 Å². The summed E-state index contributed by atoms with van der Waals surface area (Å²) in [5, 5.41) is 0. The number of hydrogen-bond acceptors (Lipinski definition) is 5. The maximum Gasteiger partial charge on any atom is 0.255 e. The van der Waals surface area contributed by atoms with Crippen molar-refractivity contribution in [3.63, 3.8) is 0 Å². The standard InChI is InChI=1S/C18H24N4O4/c1-26-10-9-22-13-15(11-16(22)23)18(25)21-7-5-20(6-8-21)17(24)14-3-2-4-19-12-14/h2-4,12,15H,5-11,13H2,1H3. The smallest absolute Gasteiger partial charge is 0.255 e. The topological polar surface area (TPSA) is 83.1 Å². The summed E-state index contributed by atoms with van der Waals surface area (Å²) in [5.74, 6) is -0.343. The Kier molecular flexibility index (Phi) is 5.82. The molecule has 1 aromatic rings. The average molecular weight is 360 g/mol. The van der Waals surface area contributed by atoms with Crippen molar-refractivity contribution in [1.29, 1.82) is 0 Å². The van der Waals surface area contributed by atoms with E-state index in [0.717, 1.165) is 0 Å². The summed E-state index contributed by atoms with van der Waals surface area (Å²) < 4.78 is 5.00. The molecule has 3 rings (SSSR count). The van der Waals surface area contributed by atoms with Crippen LogP contribution in [-0.2, 0) is 14.3 Å². The zero-order chi connectivity index (χ0) is 18.5. The third-order valence-corrected chi connectivity index (χ3v) is 4.92. The molecule has 1 aromatic heterocycles. The van der Waals surface area contributed by atoms with Crippen molar-refractivity contribution in [2.75, 3.05) is 53.0 Å². The van der Waals surface area contributed by atoms with E-state index in [1.165, 1.54) is 0 Å². The van der Waals surface area contributed by atoms with Gasteiger partial charge in [-0.2, -0.15) is 0 Å². The molecule has 0 radical (unpaired) electrons. The van der Waals surface area contributed by atoms with E-state index in [1.807, 2.05) is 0 Å². The molecule has 26 heavy (non-hydrogen) atoms. The molecule has 1 atom stereocenters. The highest BCUT2D eigenvalue weighted by atomic mass is 16.5. The molecule has 0 N–H and O–H groups in total. The van der Waals surface area contributed by atoms with Gasteiger partial charge < -0.3 is 19.4 Å². The van der Waals surface area contributed by atoms with Gasteiger partial charge in [-0.15, -0.1) is 0 Å². The SMILES string of the molecule is COCCN1CC(C(=O)N2CCN(C(=O)c3cccnc3)CC2)CC1=O. The second kappa shape index (κ2) is 8.27. The molecule has 3 heterocycles. The molecule has 140 valence electrons.